The monoisotopic (exact) mass is 329 g/mol. The number of ether oxygens (including phenoxy) is 2. The summed E-state index contributed by atoms with van der Waals surface area (Å²) in [4.78, 5) is 11.2. The molecule has 24 heavy (non-hydrogen) atoms. The number of hydrogen-bond donors (Lipinski definition) is 2. The summed E-state index contributed by atoms with van der Waals surface area (Å²) in [5.74, 6) is 0.465. The van der Waals surface area contributed by atoms with Gasteiger partial charge in [0.25, 0.3) is 0 Å². The van der Waals surface area contributed by atoms with Crippen molar-refractivity contribution >= 4 is 11.7 Å². The molecule has 0 heterocycles. The molecule has 0 amide bonds. The minimum atomic E-state index is -0.923. The molecule has 5 heteroatoms. The van der Waals surface area contributed by atoms with Crippen molar-refractivity contribution in [3.8, 4) is 11.5 Å². The number of anilines is 1. The van der Waals surface area contributed by atoms with Gasteiger partial charge in [-0.1, -0.05) is 12.1 Å². The van der Waals surface area contributed by atoms with Gasteiger partial charge in [0.05, 0.1) is 18.8 Å². The molecule has 2 N–H and O–H groups in total. The lowest BCUT2D eigenvalue weighted by Gasteiger charge is -2.15. The van der Waals surface area contributed by atoms with Crippen molar-refractivity contribution in [2.45, 2.75) is 33.4 Å². The van der Waals surface area contributed by atoms with Crippen LogP contribution in [0.1, 0.15) is 35.3 Å². The van der Waals surface area contributed by atoms with Crippen LogP contribution in [0, 0.1) is 6.92 Å². The van der Waals surface area contributed by atoms with E-state index in [0.717, 1.165) is 16.8 Å². The minimum Gasteiger partial charge on any atom is -0.493 e. The highest BCUT2D eigenvalue weighted by Gasteiger charge is 2.11. The van der Waals surface area contributed by atoms with Gasteiger partial charge in [0.15, 0.2) is 11.5 Å². The van der Waals surface area contributed by atoms with Crippen molar-refractivity contribution in [1.29, 1.82) is 0 Å². The summed E-state index contributed by atoms with van der Waals surface area (Å²) in [7, 11) is 1.61. The van der Waals surface area contributed by atoms with Crippen LogP contribution in [0.4, 0.5) is 5.69 Å². The highest BCUT2D eigenvalue weighted by Crippen LogP contribution is 2.29. The van der Waals surface area contributed by atoms with E-state index in [-0.39, 0.29) is 6.10 Å². The van der Waals surface area contributed by atoms with Crippen molar-refractivity contribution < 1.29 is 19.4 Å². The van der Waals surface area contributed by atoms with Crippen LogP contribution in [0.15, 0.2) is 36.4 Å². The Bertz CT molecular complexity index is 725. The number of carbonyl (C=O) groups is 1. The van der Waals surface area contributed by atoms with Gasteiger partial charge in [0.2, 0.25) is 0 Å². The fourth-order valence-corrected chi connectivity index (χ4v) is 2.43. The third-order valence-electron chi connectivity index (χ3n) is 3.64. The molecule has 0 bridgehead atoms. The first kappa shape index (κ1) is 17.7. The van der Waals surface area contributed by atoms with E-state index in [1.54, 1.807) is 26.2 Å². The fourth-order valence-electron chi connectivity index (χ4n) is 2.43. The first-order valence-corrected chi connectivity index (χ1v) is 7.82. The number of rotatable bonds is 7. The second kappa shape index (κ2) is 7.73. The van der Waals surface area contributed by atoms with Crippen molar-refractivity contribution in [3.05, 3.63) is 53.1 Å². The van der Waals surface area contributed by atoms with Crippen LogP contribution in [-0.2, 0) is 6.54 Å². The number of nitrogens with one attached hydrogen (secondary N) is 1. The van der Waals surface area contributed by atoms with Crippen LogP contribution in [0.2, 0.25) is 0 Å². The van der Waals surface area contributed by atoms with E-state index in [4.69, 9.17) is 9.47 Å². The molecule has 128 valence electrons. The fraction of sp³-hybridized carbons (Fsp3) is 0.316. The van der Waals surface area contributed by atoms with E-state index in [1.807, 2.05) is 38.1 Å². The van der Waals surface area contributed by atoms with E-state index >= 15 is 0 Å². The van der Waals surface area contributed by atoms with Gasteiger partial charge in [-0.25, -0.2) is 4.79 Å². The average Bonchev–Trinajstić information content (AvgIpc) is 2.54. The highest BCUT2D eigenvalue weighted by atomic mass is 16.5. The zero-order valence-corrected chi connectivity index (χ0v) is 14.4. The molecule has 0 spiro atoms. The van der Waals surface area contributed by atoms with Crippen LogP contribution in [0.3, 0.4) is 0 Å². The molecule has 0 aliphatic heterocycles. The Hall–Kier alpha value is -2.69. The van der Waals surface area contributed by atoms with Crippen LogP contribution < -0.4 is 14.8 Å². The third-order valence-corrected chi connectivity index (χ3v) is 3.64. The summed E-state index contributed by atoms with van der Waals surface area (Å²) in [5.41, 5.74) is 2.84. The largest absolute Gasteiger partial charge is 0.493 e. The summed E-state index contributed by atoms with van der Waals surface area (Å²) in [6.45, 7) is 6.29. The predicted octanol–water partition coefficient (Wildman–Crippen LogP) is 4.10. The zero-order valence-electron chi connectivity index (χ0n) is 14.4. The Balaban J connectivity index is 2.15. The number of aromatic carboxylic acids is 1. The lowest BCUT2D eigenvalue weighted by Crippen LogP contribution is -2.08. The lowest BCUT2D eigenvalue weighted by atomic mass is 10.1. The molecule has 0 atom stereocenters. The zero-order chi connectivity index (χ0) is 17.7. The van der Waals surface area contributed by atoms with Gasteiger partial charge in [-0.15, -0.1) is 0 Å². The van der Waals surface area contributed by atoms with E-state index in [9.17, 15) is 9.90 Å². The maximum atomic E-state index is 11.2. The van der Waals surface area contributed by atoms with Gasteiger partial charge in [0, 0.05) is 12.2 Å². The molecule has 2 aromatic carbocycles. The summed E-state index contributed by atoms with van der Waals surface area (Å²) < 4.78 is 11.1. The molecular weight excluding hydrogens is 306 g/mol. The van der Waals surface area contributed by atoms with E-state index in [1.165, 1.54) is 0 Å². The maximum absolute atomic E-state index is 11.2. The molecule has 2 aromatic rings. The van der Waals surface area contributed by atoms with Crippen molar-refractivity contribution in [2.75, 3.05) is 12.4 Å². The van der Waals surface area contributed by atoms with Gasteiger partial charge in [-0.3, -0.25) is 0 Å². The number of carboxylic acid groups (broad SMARTS) is 1. The first-order valence-electron chi connectivity index (χ1n) is 7.82. The summed E-state index contributed by atoms with van der Waals surface area (Å²) in [5, 5.41) is 12.5. The van der Waals surface area contributed by atoms with E-state index in [0.29, 0.717) is 23.6 Å². The third kappa shape index (κ3) is 4.19. The van der Waals surface area contributed by atoms with Crippen LogP contribution in [0.5, 0.6) is 11.5 Å². The molecule has 0 aromatic heterocycles. The molecule has 0 fully saturated rings. The standard InChI is InChI=1S/C19H23NO4/c1-12(2)24-17-9-8-14(10-18(17)23-4)11-20-16-7-5-6-15(13(16)3)19(21)22/h5-10,12,20H,11H2,1-4H3,(H,21,22). The second-order valence-corrected chi connectivity index (χ2v) is 5.79. The van der Waals surface area contributed by atoms with Gasteiger partial charge < -0.3 is 19.9 Å². The van der Waals surface area contributed by atoms with Crippen molar-refractivity contribution in [3.63, 3.8) is 0 Å². The topological polar surface area (TPSA) is 67.8 Å². The Kier molecular flexibility index (Phi) is 5.68. The number of hydrogen-bond acceptors (Lipinski definition) is 4. The average molecular weight is 329 g/mol. The van der Waals surface area contributed by atoms with E-state index in [2.05, 4.69) is 5.32 Å². The maximum Gasteiger partial charge on any atom is 0.336 e. The Morgan fingerprint density at radius 2 is 1.96 bits per heavy atom. The SMILES string of the molecule is COc1cc(CNc2cccc(C(=O)O)c2C)ccc1OC(C)C. The predicted molar refractivity (Wildman–Crippen MR) is 94.2 cm³/mol. The van der Waals surface area contributed by atoms with Crippen molar-refractivity contribution in [2.24, 2.45) is 0 Å². The normalized spacial score (nSPS) is 10.5. The highest BCUT2D eigenvalue weighted by molar-refractivity contribution is 5.91. The Morgan fingerprint density at radius 3 is 2.58 bits per heavy atom. The molecule has 2 rings (SSSR count). The molecule has 0 aliphatic carbocycles. The van der Waals surface area contributed by atoms with Gasteiger partial charge in [0.1, 0.15) is 0 Å². The molecule has 0 radical (unpaired) electrons. The van der Waals surface area contributed by atoms with E-state index < -0.39 is 5.97 Å². The summed E-state index contributed by atoms with van der Waals surface area (Å²) >= 11 is 0. The minimum absolute atomic E-state index is 0.0734. The molecule has 5 nitrogen and oxygen atoms in total. The van der Waals surface area contributed by atoms with Crippen LogP contribution in [-0.4, -0.2) is 24.3 Å². The van der Waals surface area contributed by atoms with Gasteiger partial charge >= 0.3 is 5.97 Å². The van der Waals surface area contributed by atoms with Crippen LogP contribution in [0.25, 0.3) is 0 Å². The van der Waals surface area contributed by atoms with Gasteiger partial charge in [-0.05, 0) is 56.2 Å². The number of carboxylic acids is 1. The van der Waals surface area contributed by atoms with Gasteiger partial charge in [-0.2, -0.15) is 0 Å². The molecule has 0 unspecified atom stereocenters. The summed E-state index contributed by atoms with van der Waals surface area (Å²) in [6, 6.07) is 11.0. The first-order chi connectivity index (χ1) is 11.4. The second-order valence-electron chi connectivity index (χ2n) is 5.79. The lowest BCUT2D eigenvalue weighted by molar-refractivity contribution is 0.0696. The molecule has 0 aliphatic rings. The number of methoxy groups -OCH3 is 1. The van der Waals surface area contributed by atoms with Crippen LogP contribution >= 0.6 is 0 Å². The number of benzene rings is 2. The molecule has 0 saturated carbocycles. The summed E-state index contributed by atoms with van der Waals surface area (Å²) in [6.07, 6.45) is 0.0734. The molecule has 0 saturated heterocycles. The quantitative estimate of drug-likeness (QED) is 0.800. The van der Waals surface area contributed by atoms with Crippen molar-refractivity contribution in [1.82, 2.24) is 0 Å². The Morgan fingerprint density at radius 1 is 1.21 bits per heavy atom. The Labute approximate surface area is 142 Å². The molecular formula is C19H23NO4. The smallest absolute Gasteiger partial charge is 0.336 e.